The average Bonchev–Trinajstić information content (AvgIpc) is 2.31. The number of aryl methyl sites for hydroxylation is 1. The maximum Gasteiger partial charge on any atom is 0.133 e. The van der Waals surface area contributed by atoms with Crippen molar-refractivity contribution in [3.05, 3.63) is 51.5 Å². The van der Waals surface area contributed by atoms with E-state index >= 15 is 0 Å². The van der Waals surface area contributed by atoms with Crippen LogP contribution in [0.2, 0.25) is 5.02 Å². The summed E-state index contributed by atoms with van der Waals surface area (Å²) in [7, 11) is 1.66. The van der Waals surface area contributed by atoms with Crippen LogP contribution in [0.4, 0.5) is 0 Å². The van der Waals surface area contributed by atoms with E-state index in [1.807, 2.05) is 30.3 Å². The fraction of sp³-hybridized carbons (Fsp3) is 0.143. The van der Waals surface area contributed by atoms with Crippen molar-refractivity contribution < 1.29 is 4.74 Å². The monoisotopic (exact) mass is 310 g/mol. The van der Waals surface area contributed by atoms with Gasteiger partial charge in [-0.25, -0.2) is 0 Å². The predicted molar refractivity (Wildman–Crippen MR) is 75.9 cm³/mol. The van der Waals surface area contributed by atoms with E-state index in [1.54, 1.807) is 7.11 Å². The second-order valence-electron chi connectivity index (χ2n) is 3.78. The lowest BCUT2D eigenvalue weighted by Gasteiger charge is -2.11. The maximum atomic E-state index is 6.25. The Morgan fingerprint density at radius 3 is 2.59 bits per heavy atom. The van der Waals surface area contributed by atoms with Gasteiger partial charge in [-0.15, -0.1) is 0 Å². The van der Waals surface area contributed by atoms with Crippen LogP contribution < -0.4 is 4.74 Å². The van der Waals surface area contributed by atoms with Gasteiger partial charge in [0, 0.05) is 10.6 Å². The van der Waals surface area contributed by atoms with Gasteiger partial charge in [0.1, 0.15) is 5.75 Å². The van der Waals surface area contributed by atoms with Gasteiger partial charge in [0.15, 0.2) is 0 Å². The molecule has 1 nitrogen and oxygen atoms in total. The normalized spacial score (nSPS) is 10.4. The Balaban J connectivity index is 2.61. The van der Waals surface area contributed by atoms with Crippen LogP contribution in [0, 0.1) is 6.92 Å². The van der Waals surface area contributed by atoms with Crippen molar-refractivity contribution in [2.45, 2.75) is 6.92 Å². The molecule has 0 heterocycles. The molecule has 0 saturated heterocycles. The molecule has 2 aromatic carbocycles. The summed E-state index contributed by atoms with van der Waals surface area (Å²) in [5.41, 5.74) is 3.27. The van der Waals surface area contributed by atoms with Crippen molar-refractivity contribution in [3.8, 4) is 16.9 Å². The summed E-state index contributed by atoms with van der Waals surface area (Å²) in [5, 5.41) is 0.759. The molecule has 2 aromatic rings. The zero-order valence-electron chi connectivity index (χ0n) is 9.63. The van der Waals surface area contributed by atoms with E-state index in [0.29, 0.717) is 0 Å². The van der Waals surface area contributed by atoms with Crippen LogP contribution in [0.3, 0.4) is 0 Å². The number of halogens is 2. The standard InChI is InChI=1S/C14H12BrClO/c1-9-4-3-5-12(16)14(9)10-6-7-11(15)13(8-10)17-2/h3-8H,1-2H3. The molecule has 88 valence electrons. The summed E-state index contributed by atoms with van der Waals surface area (Å²) < 4.78 is 6.24. The number of methoxy groups -OCH3 is 1. The van der Waals surface area contributed by atoms with Crippen molar-refractivity contribution in [2.24, 2.45) is 0 Å². The molecule has 3 heteroatoms. The third-order valence-corrected chi connectivity index (χ3v) is 3.63. The SMILES string of the molecule is COc1cc(-c2c(C)cccc2Cl)ccc1Br. The summed E-state index contributed by atoms with van der Waals surface area (Å²) in [6.45, 7) is 2.05. The van der Waals surface area contributed by atoms with Crippen LogP contribution in [-0.4, -0.2) is 7.11 Å². The minimum Gasteiger partial charge on any atom is -0.496 e. The van der Waals surface area contributed by atoms with Crippen molar-refractivity contribution in [1.29, 1.82) is 0 Å². The van der Waals surface area contributed by atoms with Gasteiger partial charge in [0.05, 0.1) is 11.6 Å². The predicted octanol–water partition coefficient (Wildman–Crippen LogP) is 5.09. The minimum absolute atomic E-state index is 0.759. The molecule has 0 bridgehead atoms. The van der Waals surface area contributed by atoms with Gasteiger partial charge in [0.2, 0.25) is 0 Å². The molecule has 0 unspecified atom stereocenters. The van der Waals surface area contributed by atoms with E-state index in [0.717, 1.165) is 31.9 Å². The highest BCUT2D eigenvalue weighted by Gasteiger charge is 2.09. The molecule has 0 saturated carbocycles. The molecule has 0 aliphatic heterocycles. The van der Waals surface area contributed by atoms with Crippen LogP contribution in [0.1, 0.15) is 5.56 Å². The fourth-order valence-electron chi connectivity index (χ4n) is 1.81. The number of ether oxygens (including phenoxy) is 1. The Labute approximate surface area is 115 Å². The third-order valence-electron chi connectivity index (χ3n) is 2.66. The first-order valence-corrected chi connectivity index (χ1v) is 6.39. The van der Waals surface area contributed by atoms with Gasteiger partial charge < -0.3 is 4.74 Å². The lowest BCUT2D eigenvalue weighted by atomic mass is 10.0. The molecule has 0 atom stereocenters. The van der Waals surface area contributed by atoms with Gasteiger partial charge in [-0.2, -0.15) is 0 Å². The minimum atomic E-state index is 0.759. The van der Waals surface area contributed by atoms with Crippen LogP contribution in [-0.2, 0) is 0 Å². The Morgan fingerprint density at radius 1 is 1.18 bits per heavy atom. The molecule has 17 heavy (non-hydrogen) atoms. The summed E-state index contributed by atoms with van der Waals surface area (Å²) in [5.74, 6) is 0.807. The number of benzene rings is 2. The molecule has 0 aliphatic rings. The van der Waals surface area contributed by atoms with Crippen LogP contribution in [0.5, 0.6) is 5.75 Å². The molecular formula is C14H12BrClO. The van der Waals surface area contributed by atoms with Crippen molar-refractivity contribution >= 4 is 27.5 Å². The van der Waals surface area contributed by atoms with E-state index in [1.165, 1.54) is 0 Å². The number of hydrogen-bond donors (Lipinski definition) is 0. The lowest BCUT2D eigenvalue weighted by Crippen LogP contribution is -1.88. The second kappa shape index (κ2) is 5.11. The molecule has 2 rings (SSSR count). The highest BCUT2D eigenvalue weighted by atomic mass is 79.9. The summed E-state index contributed by atoms with van der Waals surface area (Å²) >= 11 is 9.69. The van der Waals surface area contributed by atoms with E-state index < -0.39 is 0 Å². The van der Waals surface area contributed by atoms with Crippen molar-refractivity contribution in [3.63, 3.8) is 0 Å². The third kappa shape index (κ3) is 2.48. The van der Waals surface area contributed by atoms with Gasteiger partial charge in [-0.1, -0.05) is 29.8 Å². The van der Waals surface area contributed by atoms with Crippen LogP contribution in [0.25, 0.3) is 11.1 Å². The quantitative estimate of drug-likeness (QED) is 0.751. The van der Waals surface area contributed by atoms with Gasteiger partial charge in [0.25, 0.3) is 0 Å². The zero-order chi connectivity index (χ0) is 12.4. The van der Waals surface area contributed by atoms with Crippen molar-refractivity contribution in [2.75, 3.05) is 7.11 Å². The molecule has 0 aromatic heterocycles. The van der Waals surface area contributed by atoms with Crippen molar-refractivity contribution in [1.82, 2.24) is 0 Å². The first kappa shape index (κ1) is 12.5. The lowest BCUT2D eigenvalue weighted by molar-refractivity contribution is 0.412. The number of hydrogen-bond acceptors (Lipinski definition) is 1. The molecule has 0 amide bonds. The Hall–Kier alpha value is -0.990. The van der Waals surface area contributed by atoms with E-state index in [9.17, 15) is 0 Å². The number of rotatable bonds is 2. The van der Waals surface area contributed by atoms with Gasteiger partial charge >= 0.3 is 0 Å². The zero-order valence-corrected chi connectivity index (χ0v) is 12.0. The molecule has 0 fully saturated rings. The maximum absolute atomic E-state index is 6.25. The first-order chi connectivity index (χ1) is 8.13. The second-order valence-corrected chi connectivity index (χ2v) is 5.04. The first-order valence-electron chi connectivity index (χ1n) is 5.22. The molecule has 0 spiro atoms. The smallest absolute Gasteiger partial charge is 0.133 e. The highest BCUT2D eigenvalue weighted by Crippen LogP contribution is 2.35. The molecule has 0 aliphatic carbocycles. The van der Waals surface area contributed by atoms with Gasteiger partial charge in [-0.3, -0.25) is 0 Å². The van der Waals surface area contributed by atoms with E-state index in [4.69, 9.17) is 16.3 Å². The molecular weight excluding hydrogens is 300 g/mol. The summed E-state index contributed by atoms with van der Waals surface area (Å²) in [4.78, 5) is 0. The Morgan fingerprint density at radius 2 is 1.94 bits per heavy atom. The molecule has 0 radical (unpaired) electrons. The average molecular weight is 312 g/mol. The summed E-state index contributed by atoms with van der Waals surface area (Å²) in [6.07, 6.45) is 0. The van der Waals surface area contributed by atoms with E-state index in [2.05, 4.69) is 28.9 Å². The highest BCUT2D eigenvalue weighted by molar-refractivity contribution is 9.10. The topological polar surface area (TPSA) is 9.23 Å². The molecule has 0 N–H and O–H groups in total. The van der Waals surface area contributed by atoms with Crippen LogP contribution in [0.15, 0.2) is 40.9 Å². The Kier molecular flexibility index (Phi) is 3.75. The van der Waals surface area contributed by atoms with E-state index in [-0.39, 0.29) is 0 Å². The largest absolute Gasteiger partial charge is 0.496 e. The Bertz CT molecular complexity index is 532. The summed E-state index contributed by atoms with van der Waals surface area (Å²) in [6, 6.07) is 11.9. The fourth-order valence-corrected chi connectivity index (χ4v) is 2.55. The van der Waals surface area contributed by atoms with Crippen LogP contribution >= 0.6 is 27.5 Å². The van der Waals surface area contributed by atoms with Gasteiger partial charge in [-0.05, 0) is 52.2 Å².